The molecule has 0 aromatic rings. The van der Waals surface area contributed by atoms with E-state index in [1.54, 1.807) is 0 Å². The molecule has 0 rings (SSSR count). The van der Waals surface area contributed by atoms with Crippen molar-refractivity contribution in [1.82, 2.24) is 0 Å². The fourth-order valence-corrected chi connectivity index (χ4v) is 2.00. The van der Waals surface area contributed by atoms with Gasteiger partial charge in [0.15, 0.2) is 0 Å². The molecule has 9 heteroatoms. The molecule has 0 amide bonds. The summed E-state index contributed by atoms with van der Waals surface area (Å²) in [6, 6.07) is 0. The van der Waals surface area contributed by atoms with Crippen molar-refractivity contribution in [2.24, 2.45) is 0 Å². The molecular weight excluding hydrogens is 202 g/mol. The van der Waals surface area contributed by atoms with Gasteiger partial charge in [-0.1, -0.05) is 0 Å². The molecule has 0 saturated carbocycles. The van der Waals surface area contributed by atoms with Gasteiger partial charge < -0.3 is 0 Å². The van der Waals surface area contributed by atoms with Crippen LogP contribution >= 0.6 is 6.83 Å². The van der Waals surface area contributed by atoms with E-state index in [0.29, 0.717) is 0 Å². The monoisotopic (exact) mass is 216 g/mol. The molecule has 0 aliphatic rings. The van der Waals surface area contributed by atoms with Crippen LogP contribution in [0.5, 0.6) is 0 Å². The molecule has 13 heavy (non-hydrogen) atoms. The predicted molar refractivity (Wildman–Crippen MR) is 46.5 cm³/mol. The minimum absolute atomic E-state index is 0.827. The summed E-state index contributed by atoms with van der Waals surface area (Å²) in [6.45, 7) is -4.05. The van der Waals surface area contributed by atoms with Crippen molar-refractivity contribution in [2.75, 3.05) is 25.4 Å². The molecule has 0 spiro atoms. The van der Waals surface area contributed by atoms with E-state index < -0.39 is 39.5 Å². The van der Waals surface area contributed by atoms with Crippen LogP contribution < -0.4 is 0 Å². The number of hydrogen-bond donors (Lipinski definition) is 6. The SMILES string of the molecule is OCP(CO)(CO)(CO)OB(O)O. The van der Waals surface area contributed by atoms with Crippen LogP contribution in [-0.4, -0.2) is 63.2 Å². The Balaban J connectivity index is 4.83. The van der Waals surface area contributed by atoms with Gasteiger partial charge in [-0.2, -0.15) is 0 Å². The summed E-state index contributed by atoms with van der Waals surface area (Å²) >= 11 is 0. The topological polar surface area (TPSA) is 131 Å². The maximum absolute atomic E-state index is 8.91. The fraction of sp³-hybridized carbons (Fsp3) is 1.00. The summed E-state index contributed by atoms with van der Waals surface area (Å²) in [6.07, 6.45) is -3.31. The Hall–Kier alpha value is 0.215. The quantitative estimate of drug-likeness (QED) is 0.209. The average Bonchev–Trinajstić information content (AvgIpc) is 2.15. The second-order valence-corrected chi connectivity index (χ2v) is 7.91. The first kappa shape index (κ1) is 13.2. The molecule has 80 valence electrons. The fourth-order valence-electron chi connectivity index (χ4n) is 0.668. The first-order valence-electron chi connectivity index (χ1n) is 3.46. The van der Waals surface area contributed by atoms with E-state index in [2.05, 4.69) is 4.44 Å². The van der Waals surface area contributed by atoms with Gasteiger partial charge in [0.2, 0.25) is 0 Å². The third kappa shape index (κ3) is 2.58. The van der Waals surface area contributed by atoms with Crippen LogP contribution in [0, 0.1) is 0 Å². The molecule has 0 radical (unpaired) electrons. The Bertz CT molecular complexity index is 137. The molecule has 0 aliphatic carbocycles. The van der Waals surface area contributed by atoms with E-state index in [1.807, 2.05) is 0 Å². The van der Waals surface area contributed by atoms with Crippen molar-refractivity contribution in [3.8, 4) is 0 Å². The first-order chi connectivity index (χ1) is 5.97. The molecular formula is C4H14BO7P. The van der Waals surface area contributed by atoms with Gasteiger partial charge in [0.1, 0.15) is 0 Å². The van der Waals surface area contributed by atoms with Crippen molar-refractivity contribution in [3.63, 3.8) is 0 Å². The normalized spacial score (nSPS) is 15.1. The summed E-state index contributed by atoms with van der Waals surface area (Å²) in [5, 5.41) is 52.6. The molecule has 0 fully saturated rings. The van der Waals surface area contributed by atoms with E-state index in [-0.39, 0.29) is 0 Å². The summed E-state index contributed by atoms with van der Waals surface area (Å²) in [5.41, 5.74) is 0. The van der Waals surface area contributed by atoms with Crippen molar-refractivity contribution < 1.29 is 34.9 Å². The second-order valence-electron chi connectivity index (χ2n) is 2.86. The maximum atomic E-state index is 8.91. The summed E-state index contributed by atoms with van der Waals surface area (Å²) in [4.78, 5) is 0. The standard InChI is InChI=1S/C4H14BO7P/c6-1-13(2-7,3-8,4-9)12-5(10)11/h6-11H,1-4H2. The Morgan fingerprint density at radius 2 is 1.15 bits per heavy atom. The molecule has 0 heterocycles. The molecule has 0 unspecified atom stereocenters. The van der Waals surface area contributed by atoms with Gasteiger partial charge >= 0.3 is 74.5 Å². The van der Waals surface area contributed by atoms with Gasteiger partial charge in [0, 0.05) is 0 Å². The Morgan fingerprint density at radius 1 is 0.846 bits per heavy atom. The molecule has 6 N–H and O–H groups in total. The van der Waals surface area contributed by atoms with E-state index in [9.17, 15) is 0 Å². The van der Waals surface area contributed by atoms with Crippen LogP contribution in [-0.2, 0) is 4.44 Å². The zero-order valence-electron chi connectivity index (χ0n) is 6.94. The number of aliphatic hydroxyl groups is 4. The number of hydrogen-bond acceptors (Lipinski definition) is 7. The van der Waals surface area contributed by atoms with E-state index in [1.165, 1.54) is 0 Å². The zero-order valence-corrected chi connectivity index (χ0v) is 7.84. The van der Waals surface area contributed by atoms with Crippen molar-refractivity contribution in [1.29, 1.82) is 0 Å². The summed E-state index contributed by atoms with van der Waals surface area (Å²) in [7, 11) is -2.25. The van der Waals surface area contributed by atoms with E-state index in [4.69, 9.17) is 30.5 Å². The molecule has 0 saturated heterocycles. The molecule has 7 nitrogen and oxygen atoms in total. The van der Waals surface area contributed by atoms with Crippen molar-refractivity contribution in [2.45, 2.75) is 0 Å². The summed E-state index contributed by atoms with van der Waals surface area (Å²) in [5.74, 6) is 0. The second kappa shape index (κ2) is 4.63. The Morgan fingerprint density at radius 3 is 1.23 bits per heavy atom. The van der Waals surface area contributed by atoms with Gasteiger partial charge in [-0.3, -0.25) is 0 Å². The molecule has 0 aromatic carbocycles. The Labute approximate surface area is 75.4 Å². The number of rotatable bonds is 6. The van der Waals surface area contributed by atoms with Gasteiger partial charge in [0.25, 0.3) is 0 Å². The predicted octanol–water partition coefficient (Wildman–Crippen LogP) is -2.76. The van der Waals surface area contributed by atoms with E-state index >= 15 is 0 Å². The van der Waals surface area contributed by atoms with Crippen LogP contribution in [0.4, 0.5) is 0 Å². The molecule has 0 aromatic heterocycles. The minimum atomic E-state index is -4.05. The zero-order chi connectivity index (χ0) is 10.6. The van der Waals surface area contributed by atoms with Crippen LogP contribution in [0.3, 0.4) is 0 Å². The van der Waals surface area contributed by atoms with Gasteiger partial charge in [-0.25, -0.2) is 0 Å². The average molecular weight is 216 g/mol. The van der Waals surface area contributed by atoms with Gasteiger partial charge in [-0.15, -0.1) is 0 Å². The third-order valence-corrected chi connectivity index (χ3v) is 5.47. The summed E-state index contributed by atoms with van der Waals surface area (Å²) < 4.78 is 4.46. The van der Waals surface area contributed by atoms with Crippen molar-refractivity contribution >= 4 is 14.2 Å². The number of aliphatic hydroxyl groups excluding tert-OH is 4. The van der Waals surface area contributed by atoms with Crippen LogP contribution in [0.1, 0.15) is 0 Å². The third-order valence-electron chi connectivity index (χ3n) is 1.82. The first-order valence-corrected chi connectivity index (χ1v) is 6.36. The van der Waals surface area contributed by atoms with Crippen LogP contribution in [0.15, 0.2) is 0 Å². The molecule has 0 atom stereocenters. The van der Waals surface area contributed by atoms with Gasteiger partial charge in [0.05, 0.1) is 0 Å². The molecule has 0 bridgehead atoms. The Kier molecular flexibility index (Phi) is 4.71. The van der Waals surface area contributed by atoms with Gasteiger partial charge in [-0.05, 0) is 0 Å². The molecule has 0 aliphatic heterocycles. The van der Waals surface area contributed by atoms with E-state index in [0.717, 1.165) is 0 Å². The van der Waals surface area contributed by atoms with Crippen molar-refractivity contribution in [3.05, 3.63) is 0 Å². The van der Waals surface area contributed by atoms with Crippen LogP contribution in [0.25, 0.3) is 0 Å². The van der Waals surface area contributed by atoms with Crippen LogP contribution in [0.2, 0.25) is 0 Å².